The minimum atomic E-state index is -3.91. The Morgan fingerprint density at radius 3 is 2.68 bits per heavy atom. The number of nitrogens with zero attached hydrogens (tertiary/aromatic N) is 3. The zero-order valence-corrected chi connectivity index (χ0v) is 17.4. The van der Waals surface area contributed by atoms with Crippen LogP contribution in [0.15, 0.2) is 59.8 Å². The highest BCUT2D eigenvalue weighted by atomic mass is 32.2. The van der Waals surface area contributed by atoms with Crippen LogP contribution in [0, 0.1) is 5.82 Å². The van der Waals surface area contributed by atoms with Crippen LogP contribution in [0.3, 0.4) is 0 Å². The summed E-state index contributed by atoms with van der Waals surface area (Å²) >= 11 is 0. The Kier molecular flexibility index (Phi) is 5.96. The lowest BCUT2D eigenvalue weighted by atomic mass is 10.0. The molecule has 4 rings (SSSR count). The van der Waals surface area contributed by atoms with Gasteiger partial charge in [-0.3, -0.25) is 4.98 Å². The highest BCUT2D eigenvalue weighted by Gasteiger charge is 2.34. The first-order chi connectivity index (χ1) is 14.9. The van der Waals surface area contributed by atoms with Crippen molar-refractivity contribution in [3.05, 3.63) is 60.7 Å². The molecule has 0 bridgehead atoms. The number of nitrogens with two attached hydrogens (primary N) is 1. The third kappa shape index (κ3) is 4.15. The molecule has 2 aromatic carbocycles. The molecule has 0 saturated carbocycles. The first-order valence-corrected chi connectivity index (χ1v) is 11.2. The van der Waals surface area contributed by atoms with Crippen molar-refractivity contribution < 1.29 is 17.9 Å². The van der Waals surface area contributed by atoms with E-state index in [-0.39, 0.29) is 29.4 Å². The van der Waals surface area contributed by atoms with Gasteiger partial charge in [0.25, 0.3) is 0 Å². The van der Waals surface area contributed by atoms with E-state index in [2.05, 4.69) is 15.3 Å². The number of nitrogen functional groups attached to an aromatic ring is 1. The van der Waals surface area contributed by atoms with Crippen LogP contribution in [0.25, 0.3) is 22.4 Å². The Morgan fingerprint density at radius 1 is 1.16 bits per heavy atom. The molecule has 1 fully saturated rings. The second-order valence-corrected chi connectivity index (χ2v) is 9.03. The van der Waals surface area contributed by atoms with Crippen LogP contribution in [0.4, 0.5) is 10.2 Å². The number of halogens is 1. The molecule has 1 saturated heterocycles. The molecule has 1 aliphatic heterocycles. The van der Waals surface area contributed by atoms with Gasteiger partial charge in [0.2, 0.25) is 10.0 Å². The van der Waals surface area contributed by atoms with Crippen molar-refractivity contribution in [1.82, 2.24) is 19.6 Å². The van der Waals surface area contributed by atoms with E-state index in [1.165, 1.54) is 34.9 Å². The first-order valence-electron chi connectivity index (χ1n) is 9.72. The Balaban J connectivity index is 1.75. The lowest BCUT2D eigenvalue weighted by Crippen LogP contribution is -2.55. The number of rotatable bonds is 5. The van der Waals surface area contributed by atoms with Gasteiger partial charge in [0.05, 0.1) is 35.6 Å². The van der Waals surface area contributed by atoms with E-state index in [9.17, 15) is 17.9 Å². The molecule has 0 spiro atoms. The van der Waals surface area contributed by atoms with Crippen LogP contribution >= 0.6 is 0 Å². The predicted octanol–water partition coefficient (Wildman–Crippen LogP) is 1.49. The number of aromatic nitrogens is 2. The monoisotopic (exact) mass is 443 g/mol. The molecule has 1 aliphatic rings. The Bertz CT molecular complexity index is 1190. The second kappa shape index (κ2) is 8.67. The number of sulfonamides is 1. The van der Waals surface area contributed by atoms with Crippen LogP contribution in [0.5, 0.6) is 0 Å². The molecule has 1 aromatic heterocycles. The summed E-state index contributed by atoms with van der Waals surface area (Å²) in [7, 11) is -3.91. The summed E-state index contributed by atoms with van der Waals surface area (Å²) in [5.41, 5.74) is 6.89. The van der Waals surface area contributed by atoms with Gasteiger partial charge >= 0.3 is 0 Å². The summed E-state index contributed by atoms with van der Waals surface area (Å²) in [5.74, 6) is -0.326. The molecule has 162 valence electrons. The van der Waals surface area contributed by atoms with Gasteiger partial charge in [-0.1, -0.05) is 24.3 Å². The predicted molar refractivity (Wildman–Crippen MR) is 115 cm³/mol. The third-order valence-corrected chi connectivity index (χ3v) is 7.22. The first kappa shape index (κ1) is 21.3. The van der Waals surface area contributed by atoms with E-state index >= 15 is 0 Å². The van der Waals surface area contributed by atoms with E-state index < -0.39 is 21.9 Å². The van der Waals surface area contributed by atoms with E-state index in [0.717, 1.165) is 0 Å². The minimum absolute atomic E-state index is 0.0646. The molecule has 0 radical (unpaired) electrons. The molecule has 1 unspecified atom stereocenters. The number of hydrogen-bond donors (Lipinski definition) is 3. The molecule has 0 aliphatic carbocycles. The summed E-state index contributed by atoms with van der Waals surface area (Å²) in [6, 6.07) is 10.4. The molecule has 8 nitrogen and oxygen atoms in total. The number of aliphatic hydroxyl groups is 1. The Labute approximate surface area is 179 Å². The standard InChI is InChI=1S/C21H22FN5O3S/c22-18-9-14(5-6-17(18)19-11-26-21(23)12-25-19)16-3-1-2-4-20(16)31(29,30)27-8-7-24-10-15(27)13-28/h1-6,9,11-12,15,24,28H,7-8,10,13H2,(H2,23,26). The lowest BCUT2D eigenvalue weighted by Gasteiger charge is -2.34. The molecule has 10 heteroatoms. The average Bonchev–Trinajstić information content (AvgIpc) is 2.79. The van der Waals surface area contributed by atoms with Gasteiger partial charge in [0, 0.05) is 30.8 Å². The minimum Gasteiger partial charge on any atom is -0.395 e. The van der Waals surface area contributed by atoms with Crippen LogP contribution in [0.2, 0.25) is 0 Å². The molecular weight excluding hydrogens is 421 g/mol. The molecule has 0 amide bonds. The van der Waals surface area contributed by atoms with Crippen LogP contribution < -0.4 is 11.1 Å². The summed E-state index contributed by atoms with van der Waals surface area (Å²) in [5, 5.41) is 12.7. The van der Waals surface area contributed by atoms with Crippen molar-refractivity contribution in [3.8, 4) is 22.4 Å². The summed E-state index contributed by atoms with van der Waals surface area (Å²) in [4.78, 5) is 8.08. The fourth-order valence-corrected chi connectivity index (χ4v) is 5.47. The van der Waals surface area contributed by atoms with Crippen molar-refractivity contribution in [3.63, 3.8) is 0 Å². The van der Waals surface area contributed by atoms with Gasteiger partial charge in [0.1, 0.15) is 11.6 Å². The normalized spacial score (nSPS) is 17.5. The zero-order valence-electron chi connectivity index (χ0n) is 16.6. The van der Waals surface area contributed by atoms with Crippen molar-refractivity contribution in [2.45, 2.75) is 10.9 Å². The highest BCUT2D eigenvalue weighted by molar-refractivity contribution is 7.89. The Hall–Kier alpha value is -2.92. The molecule has 3 aromatic rings. The van der Waals surface area contributed by atoms with Crippen LogP contribution in [-0.2, 0) is 10.0 Å². The van der Waals surface area contributed by atoms with Gasteiger partial charge < -0.3 is 16.2 Å². The molecular formula is C21H22FN5O3S. The highest BCUT2D eigenvalue weighted by Crippen LogP contribution is 2.33. The van der Waals surface area contributed by atoms with Gasteiger partial charge in [-0.05, 0) is 23.8 Å². The van der Waals surface area contributed by atoms with Crippen LogP contribution in [-0.4, -0.2) is 60.1 Å². The Morgan fingerprint density at radius 2 is 1.97 bits per heavy atom. The molecule has 2 heterocycles. The van der Waals surface area contributed by atoms with E-state index in [0.29, 0.717) is 29.9 Å². The number of benzene rings is 2. The fourth-order valence-electron chi connectivity index (χ4n) is 3.64. The lowest BCUT2D eigenvalue weighted by molar-refractivity contribution is 0.165. The SMILES string of the molecule is Nc1cnc(-c2ccc(-c3ccccc3S(=O)(=O)N3CCNCC3CO)cc2F)cn1. The third-order valence-electron chi connectivity index (χ3n) is 5.21. The summed E-state index contributed by atoms with van der Waals surface area (Å²) < 4.78 is 43.1. The summed E-state index contributed by atoms with van der Waals surface area (Å²) in [6.45, 7) is 0.805. The maximum absolute atomic E-state index is 14.9. The van der Waals surface area contributed by atoms with E-state index in [4.69, 9.17) is 5.73 Å². The number of aliphatic hydroxyl groups excluding tert-OH is 1. The average molecular weight is 444 g/mol. The summed E-state index contributed by atoms with van der Waals surface area (Å²) in [6.07, 6.45) is 2.72. The zero-order chi connectivity index (χ0) is 22.0. The van der Waals surface area contributed by atoms with Crippen molar-refractivity contribution in [2.75, 3.05) is 32.0 Å². The van der Waals surface area contributed by atoms with E-state index in [1.54, 1.807) is 24.3 Å². The number of hydrogen-bond acceptors (Lipinski definition) is 7. The van der Waals surface area contributed by atoms with Crippen molar-refractivity contribution in [1.29, 1.82) is 0 Å². The number of nitrogens with one attached hydrogen (secondary N) is 1. The smallest absolute Gasteiger partial charge is 0.244 e. The van der Waals surface area contributed by atoms with Gasteiger partial charge in [-0.2, -0.15) is 4.31 Å². The number of anilines is 1. The van der Waals surface area contributed by atoms with Crippen molar-refractivity contribution in [2.24, 2.45) is 0 Å². The maximum Gasteiger partial charge on any atom is 0.244 e. The topological polar surface area (TPSA) is 121 Å². The second-order valence-electron chi connectivity index (χ2n) is 7.17. The quantitative estimate of drug-likeness (QED) is 0.546. The van der Waals surface area contributed by atoms with E-state index in [1.807, 2.05) is 0 Å². The largest absolute Gasteiger partial charge is 0.395 e. The van der Waals surface area contributed by atoms with Gasteiger partial charge in [-0.15, -0.1) is 0 Å². The molecule has 1 atom stereocenters. The van der Waals surface area contributed by atoms with Crippen molar-refractivity contribution >= 4 is 15.8 Å². The molecule has 4 N–H and O–H groups in total. The number of piperazine rings is 1. The van der Waals surface area contributed by atoms with Gasteiger partial charge in [0.15, 0.2) is 0 Å². The van der Waals surface area contributed by atoms with Crippen LogP contribution in [0.1, 0.15) is 0 Å². The molecule has 31 heavy (non-hydrogen) atoms. The maximum atomic E-state index is 14.9. The van der Waals surface area contributed by atoms with Gasteiger partial charge in [-0.25, -0.2) is 17.8 Å². The fraction of sp³-hybridized carbons (Fsp3) is 0.238.